The third kappa shape index (κ3) is 32.7. The van der Waals surface area contributed by atoms with Crippen molar-refractivity contribution in [3.05, 3.63) is 347 Å². The minimum Gasteiger partial charge on any atom is -0.512 e. The molecule has 16 heteroatoms. The number of ketones is 3. The van der Waals surface area contributed by atoms with Crippen molar-refractivity contribution in [2.75, 3.05) is 0 Å². The van der Waals surface area contributed by atoms with Gasteiger partial charge in [-0.1, -0.05) is 174 Å². The monoisotopic (exact) mass is 2230 g/mol. The van der Waals surface area contributed by atoms with Gasteiger partial charge in [0.1, 0.15) is 0 Å². The van der Waals surface area contributed by atoms with Crippen LogP contribution in [-0.2, 0) is 94.8 Å². The zero-order chi connectivity index (χ0) is 79.3. The number of allylic oxidation sites excluding steroid dienone is 6. The Labute approximate surface area is 722 Å². The predicted octanol–water partition coefficient (Wildman–Crippen LogP) is 23.5. The number of carbonyl (C=O) groups is 3. The smallest absolute Gasteiger partial charge is 0.155 e. The van der Waals surface area contributed by atoms with E-state index in [-0.39, 0.29) is 115 Å². The Kier molecular flexibility index (Phi) is 41.7. The van der Waals surface area contributed by atoms with Crippen molar-refractivity contribution in [1.82, 2.24) is 24.9 Å². The van der Waals surface area contributed by atoms with Gasteiger partial charge < -0.3 is 30.3 Å². The van der Waals surface area contributed by atoms with Crippen molar-refractivity contribution in [3.63, 3.8) is 0 Å². The van der Waals surface area contributed by atoms with E-state index in [1.807, 2.05) is 103 Å². The summed E-state index contributed by atoms with van der Waals surface area (Å²) in [5, 5.41) is 33.9. The van der Waals surface area contributed by atoms with Crippen LogP contribution < -0.4 is 5.19 Å². The molecule has 0 aliphatic carbocycles. The first-order chi connectivity index (χ1) is 51.9. The van der Waals surface area contributed by atoms with E-state index in [0.29, 0.717) is 0 Å². The number of pyridine rings is 5. The van der Waals surface area contributed by atoms with Crippen molar-refractivity contribution < 1.29 is 110 Å². The first kappa shape index (κ1) is 97.4. The second-order valence-electron chi connectivity index (χ2n) is 27.7. The average Bonchev–Trinajstić information content (AvgIpc) is 0.807. The van der Waals surface area contributed by atoms with Crippen molar-refractivity contribution in [3.8, 4) is 56.3 Å². The van der Waals surface area contributed by atoms with E-state index in [2.05, 4.69) is 248 Å². The molecule has 3 N–H and O–H groups in total. The van der Waals surface area contributed by atoms with Crippen LogP contribution >= 0.6 is 0 Å². The maximum absolute atomic E-state index is 10.0. The number of hydrogen-bond acceptors (Lipinski definition) is 11. The molecule has 11 nitrogen and oxygen atoms in total. The van der Waals surface area contributed by atoms with Crippen LogP contribution in [0.5, 0.6) is 0 Å². The Morgan fingerprint density at radius 2 is 0.858 bits per heavy atom. The number of benzene rings is 9. The van der Waals surface area contributed by atoms with Crippen LogP contribution in [0.3, 0.4) is 0 Å². The van der Waals surface area contributed by atoms with Gasteiger partial charge in [-0.25, -0.2) is 0 Å². The van der Waals surface area contributed by atoms with Gasteiger partial charge in [-0.2, -0.15) is 0 Å². The minimum absolute atomic E-state index is 0. The molecule has 0 amide bonds. The second-order valence-corrected chi connectivity index (χ2v) is 32.8. The number of hydrogen-bond donors (Lipinski definition) is 3. The third-order valence-electron chi connectivity index (χ3n) is 16.3. The molecule has 5 heterocycles. The Morgan fingerprint density at radius 3 is 1.37 bits per heavy atom. The first-order valence-electron chi connectivity index (χ1n) is 35.9. The molecule has 590 valence electrons. The SMILES string of the molecule is CC(=O)C=C(C)O.CC(=O)C=C(C)O.CC(=O)C=C(C)O.Cc1[c-]c(-c2cc(C)c3ccc(C)cc3n2)cc(C)c1.Cc1[c-]c(-c2ccc3cc([Si](C)(C)C)ccc3n2)cc(C)c1.Cc1cc[c-]c(-c2ncc3ccccc3c2C)c1.[Ir].[Ir].[Ir].[Ir].[c-]1ccccc1-c1cc2ccccc2cn1.[c-]1ccccc1-c1ccccn1. The van der Waals surface area contributed by atoms with Gasteiger partial charge in [-0.05, 0) is 147 Å². The van der Waals surface area contributed by atoms with Crippen molar-refractivity contribution in [2.45, 2.75) is 117 Å². The summed E-state index contributed by atoms with van der Waals surface area (Å²) in [6, 6.07) is 91.0. The summed E-state index contributed by atoms with van der Waals surface area (Å²) >= 11 is 0. The Morgan fingerprint density at radius 1 is 0.363 bits per heavy atom. The Balaban J connectivity index is 0.000000344. The largest absolute Gasteiger partial charge is 0.512 e. The summed E-state index contributed by atoms with van der Waals surface area (Å²) in [7, 11) is -1.28. The summed E-state index contributed by atoms with van der Waals surface area (Å²) < 4.78 is 0. The number of fused-ring (bicyclic) bond motifs is 4. The van der Waals surface area contributed by atoms with E-state index < -0.39 is 8.07 Å². The molecule has 0 bridgehead atoms. The Hall–Kier alpha value is -9.79. The molecule has 14 aromatic rings. The maximum atomic E-state index is 10.0. The van der Waals surface area contributed by atoms with Gasteiger partial charge >= 0.3 is 0 Å². The fraction of sp³-hybridized carbons (Fsp3) is 0.175. The molecule has 14 rings (SSSR count). The molecular weight excluding hydrogens is 2130 g/mol. The predicted molar refractivity (Wildman–Crippen MR) is 455 cm³/mol. The molecule has 5 aromatic heterocycles. The first-order valence-corrected chi connectivity index (χ1v) is 39.4. The Bertz CT molecular complexity index is 5380. The van der Waals surface area contributed by atoms with Crippen LogP contribution in [0.4, 0.5) is 0 Å². The molecule has 0 aliphatic heterocycles. The fourth-order valence-corrected chi connectivity index (χ4v) is 12.7. The summed E-state index contributed by atoms with van der Waals surface area (Å²) in [4.78, 5) is 53.0. The van der Waals surface area contributed by atoms with Gasteiger partial charge in [0.2, 0.25) is 0 Å². The number of rotatable bonds is 9. The molecule has 4 radical (unpaired) electrons. The number of aliphatic hydroxyl groups excluding tert-OH is 3. The molecule has 9 aromatic carbocycles. The summed E-state index contributed by atoms with van der Waals surface area (Å²) in [6.45, 7) is 32.5. The number of aromatic nitrogens is 5. The molecule has 113 heavy (non-hydrogen) atoms. The summed E-state index contributed by atoms with van der Waals surface area (Å²) in [5.41, 5.74) is 22.2. The quantitative estimate of drug-likeness (QED) is 0.0542. The average molecular weight is 2220 g/mol. The molecule has 0 fully saturated rings. The normalized spacial score (nSPS) is 10.6. The molecule has 0 aliphatic rings. The van der Waals surface area contributed by atoms with Crippen LogP contribution in [0.1, 0.15) is 86.1 Å². The van der Waals surface area contributed by atoms with Crippen LogP contribution in [-0.4, -0.2) is 65.7 Å². The maximum Gasteiger partial charge on any atom is 0.155 e. The van der Waals surface area contributed by atoms with Crippen LogP contribution in [0.2, 0.25) is 19.6 Å². The van der Waals surface area contributed by atoms with Gasteiger partial charge in [0.05, 0.1) is 36.4 Å². The molecule has 0 unspecified atom stereocenters. The van der Waals surface area contributed by atoms with Crippen molar-refractivity contribution in [1.29, 1.82) is 0 Å². The van der Waals surface area contributed by atoms with E-state index in [1.54, 1.807) is 6.20 Å². The van der Waals surface area contributed by atoms with Crippen LogP contribution in [0, 0.1) is 85.7 Å². The van der Waals surface area contributed by atoms with Gasteiger partial charge in [0, 0.05) is 123 Å². The van der Waals surface area contributed by atoms with Crippen molar-refractivity contribution >= 4 is 74.0 Å². The molecule has 0 spiro atoms. The van der Waals surface area contributed by atoms with Crippen LogP contribution in [0.15, 0.2) is 272 Å². The number of aliphatic hydroxyl groups is 3. The third-order valence-corrected chi connectivity index (χ3v) is 18.4. The fourth-order valence-electron chi connectivity index (χ4n) is 11.5. The van der Waals surface area contributed by atoms with E-state index in [1.165, 1.54) is 131 Å². The minimum atomic E-state index is -1.28. The number of aryl methyl sites for hydroxylation is 8. The summed E-state index contributed by atoms with van der Waals surface area (Å²) in [6.07, 6.45) is 9.13. The van der Waals surface area contributed by atoms with E-state index in [4.69, 9.17) is 25.3 Å². The molecular formula is C97H96Ir4N5O6Si-5. The van der Waals surface area contributed by atoms with Gasteiger partial charge in [-0.3, -0.25) is 24.4 Å². The van der Waals surface area contributed by atoms with E-state index in [9.17, 15) is 14.4 Å². The number of carbonyl (C=O) groups excluding carboxylic acids is 3. The standard InChI is InChI=1S/C20H22NSi.C19H18N.C17H14N.C15H10N.C11H8N.3C5H8O2.4Ir/c1-14-10-15(2)12-17(11-14)20-8-6-16-13-18(22(3,4)5)7-9-19(16)21-20;1-12-5-6-17-15(4)11-18(20-19(17)10-12)16-8-13(2)7-14(3)9-16;1-12-6-5-8-14(10-12)17-13(2)16-9-4-3-7-15(16)11-18-17;1-2-6-12(7-3-1)15-10-13-8-4-5-9-14(13)11-16-15;1-2-6-10(7-3-1)11-8-4-5-9-12-11;3*1-4(6)3-5(2)7;;;;/h6-11,13H,1-5H3;5-8,10-11H,1-4H3;3-7,9-11H,1-2H3;1-6,8-11H;1-6,8-9H;3*3,6H,1-2H3;;;;/q5*-1;;;;;;;. The molecule has 0 saturated heterocycles. The number of nitrogens with zero attached hydrogens (tertiary/aromatic N) is 5. The molecule has 0 atom stereocenters. The molecule has 0 saturated carbocycles. The zero-order valence-corrected chi connectivity index (χ0v) is 77.5. The second kappa shape index (κ2) is 48.3. The topological polar surface area (TPSA) is 176 Å². The van der Waals surface area contributed by atoms with Gasteiger partial charge in [-0.15, -0.1) is 177 Å². The summed E-state index contributed by atoms with van der Waals surface area (Å²) in [5.74, 6) is -0.187. The van der Waals surface area contributed by atoms with Gasteiger partial charge in [0.25, 0.3) is 0 Å². The van der Waals surface area contributed by atoms with E-state index >= 15 is 0 Å². The van der Waals surface area contributed by atoms with Crippen LogP contribution in [0.25, 0.3) is 99.6 Å². The zero-order valence-electron chi connectivity index (χ0n) is 66.9. The van der Waals surface area contributed by atoms with E-state index in [0.717, 1.165) is 78.4 Å². The van der Waals surface area contributed by atoms with Crippen molar-refractivity contribution in [2.24, 2.45) is 0 Å². The van der Waals surface area contributed by atoms with Gasteiger partial charge in [0.15, 0.2) is 17.3 Å².